The monoisotopic (exact) mass is 440 g/mol. The number of aromatic nitrogens is 4. The lowest BCUT2D eigenvalue weighted by molar-refractivity contribution is -0.140. The molecule has 0 N–H and O–H groups in total. The molecule has 0 unspecified atom stereocenters. The number of rotatable bonds is 6. The van der Waals surface area contributed by atoms with Crippen LogP contribution in [-0.4, -0.2) is 32.1 Å². The topological polar surface area (TPSA) is 79.1 Å². The molecule has 30 heavy (non-hydrogen) atoms. The minimum absolute atomic E-state index is 0.0310. The van der Waals surface area contributed by atoms with Gasteiger partial charge < -0.3 is 14.0 Å². The molecule has 11 heteroatoms. The van der Waals surface area contributed by atoms with Crippen LogP contribution in [0.5, 0.6) is 6.01 Å². The molecule has 3 rings (SSSR count). The highest BCUT2D eigenvalue weighted by atomic mass is 35.5. The lowest BCUT2D eigenvalue weighted by atomic mass is 10.1. The third-order valence-corrected chi connectivity index (χ3v) is 4.25. The van der Waals surface area contributed by atoms with E-state index in [9.17, 15) is 18.0 Å². The molecule has 1 aromatic carbocycles. The van der Waals surface area contributed by atoms with Crippen molar-refractivity contribution in [2.45, 2.75) is 19.7 Å². The van der Waals surface area contributed by atoms with Gasteiger partial charge in [0, 0.05) is 18.8 Å². The Kier molecular flexibility index (Phi) is 6.25. The number of carbonyl (C=O) groups is 1. The van der Waals surface area contributed by atoms with Crippen LogP contribution in [0, 0.1) is 0 Å². The number of alkyl halides is 3. The van der Waals surface area contributed by atoms with Crippen molar-refractivity contribution >= 4 is 17.6 Å². The highest BCUT2D eigenvalue weighted by molar-refractivity contribution is 6.32. The van der Waals surface area contributed by atoms with E-state index in [0.717, 1.165) is 11.8 Å². The fraction of sp³-hybridized carbons (Fsp3) is 0.263. The predicted octanol–water partition coefficient (Wildman–Crippen LogP) is 4.31. The number of halogens is 4. The van der Waals surface area contributed by atoms with Gasteiger partial charge in [-0.15, -0.1) is 0 Å². The number of aryl methyl sites for hydroxylation is 1. The van der Waals surface area contributed by atoms with Crippen LogP contribution >= 0.6 is 11.6 Å². The summed E-state index contributed by atoms with van der Waals surface area (Å²) in [6.45, 7) is 1.95. The van der Waals surface area contributed by atoms with Crippen LogP contribution in [-0.2, 0) is 24.6 Å². The number of carbonyl (C=O) groups excluding carboxylic acids is 1. The van der Waals surface area contributed by atoms with E-state index in [4.69, 9.17) is 21.1 Å². The Balaban J connectivity index is 1.68. The summed E-state index contributed by atoms with van der Waals surface area (Å²) in [5, 5.41) is -0.0935. The molecule has 0 saturated carbocycles. The molecule has 7 nitrogen and oxygen atoms in total. The lowest BCUT2D eigenvalue weighted by Gasteiger charge is -2.08. The van der Waals surface area contributed by atoms with Gasteiger partial charge in [-0.1, -0.05) is 35.9 Å². The van der Waals surface area contributed by atoms with Gasteiger partial charge in [0.2, 0.25) is 0 Å². The molecule has 0 spiro atoms. The maximum absolute atomic E-state index is 12.8. The fourth-order valence-electron chi connectivity index (χ4n) is 2.53. The largest absolute Gasteiger partial charge is 0.462 e. The van der Waals surface area contributed by atoms with E-state index in [1.54, 1.807) is 31.2 Å². The first kappa shape index (κ1) is 21.6. The Hall–Kier alpha value is -3.14. The zero-order valence-corrected chi connectivity index (χ0v) is 16.7. The number of benzene rings is 1. The first-order valence-corrected chi connectivity index (χ1v) is 9.09. The van der Waals surface area contributed by atoms with Gasteiger partial charge >= 0.3 is 18.2 Å². The maximum atomic E-state index is 12.8. The Bertz CT molecular complexity index is 1050. The summed E-state index contributed by atoms with van der Waals surface area (Å²) < 4.78 is 50.1. The van der Waals surface area contributed by atoms with Gasteiger partial charge in [-0.25, -0.2) is 14.8 Å². The first-order chi connectivity index (χ1) is 14.2. The van der Waals surface area contributed by atoms with E-state index in [-0.39, 0.29) is 35.8 Å². The quantitative estimate of drug-likeness (QED) is 0.420. The summed E-state index contributed by atoms with van der Waals surface area (Å²) in [6.07, 6.45) is -2.35. The zero-order valence-electron chi connectivity index (χ0n) is 15.9. The zero-order chi connectivity index (χ0) is 21.9. The van der Waals surface area contributed by atoms with Crippen molar-refractivity contribution in [1.29, 1.82) is 0 Å². The van der Waals surface area contributed by atoms with Gasteiger partial charge in [-0.05, 0) is 12.5 Å². The molecule has 0 fully saturated rings. The van der Waals surface area contributed by atoms with Gasteiger partial charge in [0.15, 0.2) is 10.8 Å². The molecular weight excluding hydrogens is 425 g/mol. The standard InChI is InChI=1S/C19H16ClF3N4O3/c1-3-29-17(28)13-8-24-18(26-15(13)20)30-10-11-4-6-12(7-5-11)16-25-14(9-27(16)2)19(21,22)23/h4-9H,3,10H2,1-2H3. The van der Waals surface area contributed by atoms with Crippen LogP contribution < -0.4 is 4.74 Å². The summed E-state index contributed by atoms with van der Waals surface area (Å²) >= 11 is 5.96. The third kappa shape index (κ3) is 4.88. The van der Waals surface area contributed by atoms with Crippen LogP contribution in [0.25, 0.3) is 11.4 Å². The van der Waals surface area contributed by atoms with E-state index >= 15 is 0 Å². The molecule has 0 amide bonds. The summed E-state index contributed by atoms with van der Waals surface area (Å²) in [4.78, 5) is 23.2. The van der Waals surface area contributed by atoms with Crippen molar-refractivity contribution in [3.05, 3.63) is 58.6 Å². The summed E-state index contributed by atoms with van der Waals surface area (Å²) in [6, 6.07) is 6.62. The Morgan fingerprint density at radius 1 is 1.20 bits per heavy atom. The minimum Gasteiger partial charge on any atom is -0.462 e. The van der Waals surface area contributed by atoms with Gasteiger partial charge in [0.05, 0.1) is 12.8 Å². The molecule has 0 saturated heterocycles. The van der Waals surface area contributed by atoms with E-state index in [1.165, 1.54) is 17.8 Å². The van der Waals surface area contributed by atoms with Crippen molar-refractivity contribution in [2.24, 2.45) is 7.05 Å². The second-order valence-corrected chi connectivity index (χ2v) is 6.48. The number of hydrogen-bond acceptors (Lipinski definition) is 6. The molecule has 0 aliphatic carbocycles. The number of imidazole rings is 1. The summed E-state index contributed by atoms with van der Waals surface area (Å²) in [7, 11) is 1.50. The lowest BCUT2D eigenvalue weighted by Crippen LogP contribution is -2.08. The maximum Gasteiger partial charge on any atom is 0.434 e. The van der Waals surface area contributed by atoms with Crippen LogP contribution in [0.15, 0.2) is 36.7 Å². The molecule has 0 atom stereocenters. The number of hydrogen-bond donors (Lipinski definition) is 0. The third-order valence-electron chi connectivity index (χ3n) is 3.96. The number of ether oxygens (including phenoxy) is 2. The SMILES string of the molecule is CCOC(=O)c1cnc(OCc2ccc(-c3nc(C(F)(F)F)cn3C)cc2)nc1Cl. The normalized spacial score (nSPS) is 11.4. The summed E-state index contributed by atoms with van der Waals surface area (Å²) in [5.74, 6) is -0.438. The van der Waals surface area contributed by atoms with Crippen LogP contribution in [0.3, 0.4) is 0 Å². The predicted molar refractivity (Wildman–Crippen MR) is 101 cm³/mol. The van der Waals surface area contributed by atoms with Crippen molar-refractivity contribution in [2.75, 3.05) is 6.61 Å². The molecular formula is C19H16ClF3N4O3. The Morgan fingerprint density at radius 2 is 1.90 bits per heavy atom. The van der Waals surface area contributed by atoms with Crippen LogP contribution in [0.2, 0.25) is 5.15 Å². The van der Waals surface area contributed by atoms with Gasteiger partial charge in [-0.3, -0.25) is 0 Å². The Morgan fingerprint density at radius 3 is 2.47 bits per heavy atom. The van der Waals surface area contributed by atoms with Crippen molar-refractivity contribution in [3.63, 3.8) is 0 Å². The van der Waals surface area contributed by atoms with Gasteiger partial charge in [-0.2, -0.15) is 18.2 Å². The van der Waals surface area contributed by atoms with E-state index < -0.39 is 17.8 Å². The van der Waals surface area contributed by atoms with Crippen molar-refractivity contribution in [1.82, 2.24) is 19.5 Å². The molecule has 0 bridgehead atoms. The second-order valence-electron chi connectivity index (χ2n) is 6.12. The number of nitrogens with zero attached hydrogens (tertiary/aromatic N) is 4. The molecule has 2 aromatic heterocycles. The molecule has 2 heterocycles. The average molecular weight is 441 g/mol. The van der Waals surface area contributed by atoms with Crippen LogP contribution in [0.1, 0.15) is 28.5 Å². The molecule has 0 radical (unpaired) electrons. The van der Waals surface area contributed by atoms with E-state index in [0.29, 0.717) is 5.56 Å². The molecule has 3 aromatic rings. The smallest absolute Gasteiger partial charge is 0.434 e. The van der Waals surface area contributed by atoms with Crippen molar-refractivity contribution in [3.8, 4) is 17.4 Å². The highest BCUT2D eigenvalue weighted by Crippen LogP contribution is 2.30. The van der Waals surface area contributed by atoms with Crippen molar-refractivity contribution < 1.29 is 27.4 Å². The average Bonchev–Trinajstić information content (AvgIpc) is 3.09. The van der Waals surface area contributed by atoms with Crippen LogP contribution in [0.4, 0.5) is 13.2 Å². The molecule has 0 aliphatic heterocycles. The molecule has 0 aliphatic rings. The highest BCUT2D eigenvalue weighted by Gasteiger charge is 2.34. The van der Waals surface area contributed by atoms with Gasteiger partial charge in [0.1, 0.15) is 18.0 Å². The second kappa shape index (κ2) is 8.70. The molecule has 158 valence electrons. The minimum atomic E-state index is -4.51. The van der Waals surface area contributed by atoms with E-state index in [1.807, 2.05) is 0 Å². The summed E-state index contributed by atoms with van der Waals surface area (Å²) in [5.41, 5.74) is 0.323. The van der Waals surface area contributed by atoms with E-state index in [2.05, 4.69) is 15.0 Å². The van der Waals surface area contributed by atoms with Gasteiger partial charge in [0.25, 0.3) is 0 Å². The number of esters is 1. The fourth-order valence-corrected chi connectivity index (χ4v) is 2.73. The first-order valence-electron chi connectivity index (χ1n) is 8.71. The Labute approximate surface area is 174 Å².